The van der Waals surface area contributed by atoms with Crippen LogP contribution in [-0.4, -0.2) is 12.4 Å². The Hall–Kier alpha value is -0.730. The SMILES string of the molecule is Cl.Cl.O=C1COc2ccccc21. The number of benzene rings is 1. The van der Waals surface area contributed by atoms with Gasteiger partial charge in [-0.3, -0.25) is 4.79 Å². The van der Waals surface area contributed by atoms with E-state index in [-0.39, 0.29) is 37.2 Å². The minimum atomic E-state index is 0. The van der Waals surface area contributed by atoms with Crippen molar-refractivity contribution in [3.63, 3.8) is 0 Å². The Labute approximate surface area is 82.7 Å². The molecule has 66 valence electrons. The topological polar surface area (TPSA) is 26.3 Å². The van der Waals surface area contributed by atoms with Gasteiger partial charge in [0.2, 0.25) is 5.78 Å². The van der Waals surface area contributed by atoms with Crippen LogP contribution in [0.25, 0.3) is 0 Å². The third kappa shape index (κ3) is 1.71. The number of rotatable bonds is 0. The number of hydrogen-bond acceptors (Lipinski definition) is 2. The summed E-state index contributed by atoms with van der Waals surface area (Å²) in [5.74, 6) is 0.795. The molecule has 0 saturated heterocycles. The van der Waals surface area contributed by atoms with Crippen molar-refractivity contribution in [1.29, 1.82) is 0 Å². The third-order valence-corrected chi connectivity index (χ3v) is 1.55. The second kappa shape index (κ2) is 4.33. The van der Waals surface area contributed by atoms with Gasteiger partial charge in [-0.1, -0.05) is 12.1 Å². The predicted octanol–water partition coefficient (Wildman–Crippen LogP) is 2.11. The Morgan fingerprint density at radius 3 is 2.50 bits per heavy atom. The molecule has 2 rings (SSSR count). The Balaban J connectivity index is 0.000000605. The molecule has 0 fully saturated rings. The maximum atomic E-state index is 10.9. The summed E-state index contributed by atoms with van der Waals surface area (Å²) < 4.78 is 5.06. The van der Waals surface area contributed by atoms with Crippen LogP contribution in [0.4, 0.5) is 0 Å². The molecule has 1 aliphatic heterocycles. The van der Waals surface area contributed by atoms with E-state index < -0.39 is 0 Å². The standard InChI is InChI=1S/C8H6O2.2ClH/c9-7-5-10-8-4-2-1-3-6(7)8;;/h1-4H,5H2;2*1H. The molecule has 1 aromatic rings. The van der Waals surface area contributed by atoms with E-state index in [4.69, 9.17) is 4.74 Å². The van der Waals surface area contributed by atoms with Gasteiger partial charge in [0.05, 0.1) is 5.56 Å². The maximum absolute atomic E-state index is 10.9. The highest BCUT2D eigenvalue weighted by molar-refractivity contribution is 6.02. The Kier molecular flexibility index (Phi) is 4.07. The van der Waals surface area contributed by atoms with Gasteiger partial charge in [-0.25, -0.2) is 0 Å². The molecule has 1 heterocycles. The molecule has 4 heteroatoms. The lowest BCUT2D eigenvalue weighted by Gasteiger charge is -1.92. The quantitative estimate of drug-likeness (QED) is 0.651. The van der Waals surface area contributed by atoms with Gasteiger partial charge in [0, 0.05) is 0 Å². The summed E-state index contributed by atoms with van der Waals surface area (Å²) in [5.41, 5.74) is 0.711. The number of fused-ring (bicyclic) bond motifs is 1. The van der Waals surface area contributed by atoms with Gasteiger partial charge in [0.1, 0.15) is 5.75 Å². The molecule has 0 N–H and O–H groups in total. The molecule has 0 radical (unpaired) electrons. The van der Waals surface area contributed by atoms with Crippen molar-refractivity contribution in [2.24, 2.45) is 0 Å². The predicted molar refractivity (Wildman–Crippen MR) is 50.8 cm³/mol. The summed E-state index contributed by atoms with van der Waals surface area (Å²) in [4.78, 5) is 10.9. The molecule has 0 saturated carbocycles. The Morgan fingerprint density at radius 1 is 1.17 bits per heavy atom. The molecule has 0 aromatic heterocycles. The van der Waals surface area contributed by atoms with Crippen LogP contribution < -0.4 is 4.74 Å². The number of carbonyl (C=O) groups excluding carboxylic acids is 1. The van der Waals surface area contributed by atoms with Crippen LogP contribution in [0.2, 0.25) is 0 Å². The number of Topliss-reactive ketones (excluding diaryl/α,β-unsaturated/α-hetero) is 1. The van der Waals surface area contributed by atoms with Gasteiger partial charge in [-0.05, 0) is 12.1 Å². The molecular formula is C8H8Cl2O2. The molecule has 2 nitrogen and oxygen atoms in total. The number of carbonyl (C=O) groups is 1. The number of ether oxygens (including phenoxy) is 1. The summed E-state index contributed by atoms with van der Waals surface area (Å²) in [6.07, 6.45) is 0. The van der Waals surface area contributed by atoms with E-state index in [9.17, 15) is 4.79 Å². The minimum Gasteiger partial charge on any atom is -0.485 e. The molecule has 0 unspecified atom stereocenters. The molecule has 0 amide bonds. The lowest BCUT2D eigenvalue weighted by atomic mass is 10.2. The fourth-order valence-corrected chi connectivity index (χ4v) is 1.04. The summed E-state index contributed by atoms with van der Waals surface area (Å²) >= 11 is 0. The first-order chi connectivity index (χ1) is 4.88. The summed E-state index contributed by atoms with van der Waals surface area (Å²) in [7, 11) is 0. The van der Waals surface area contributed by atoms with E-state index in [2.05, 4.69) is 0 Å². The zero-order valence-electron chi connectivity index (χ0n) is 6.15. The van der Waals surface area contributed by atoms with Crippen molar-refractivity contribution in [2.75, 3.05) is 6.61 Å². The second-order valence-electron chi connectivity index (χ2n) is 2.21. The van der Waals surface area contributed by atoms with Crippen LogP contribution >= 0.6 is 24.8 Å². The van der Waals surface area contributed by atoms with Crippen molar-refractivity contribution >= 4 is 30.6 Å². The maximum Gasteiger partial charge on any atom is 0.203 e. The van der Waals surface area contributed by atoms with Crippen molar-refractivity contribution < 1.29 is 9.53 Å². The smallest absolute Gasteiger partial charge is 0.203 e. The highest BCUT2D eigenvalue weighted by Crippen LogP contribution is 2.23. The van der Waals surface area contributed by atoms with Gasteiger partial charge in [0.25, 0.3) is 0 Å². The summed E-state index contributed by atoms with van der Waals surface area (Å²) in [5, 5.41) is 0. The molecule has 0 atom stereocenters. The zero-order chi connectivity index (χ0) is 6.97. The summed E-state index contributed by atoms with van der Waals surface area (Å²) in [6, 6.07) is 7.29. The zero-order valence-corrected chi connectivity index (χ0v) is 7.78. The molecule has 0 spiro atoms. The van der Waals surface area contributed by atoms with Crippen LogP contribution in [0.15, 0.2) is 24.3 Å². The largest absolute Gasteiger partial charge is 0.485 e. The van der Waals surface area contributed by atoms with Crippen LogP contribution in [-0.2, 0) is 0 Å². The lowest BCUT2D eigenvalue weighted by molar-refractivity contribution is 0.0961. The highest BCUT2D eigenvalue weighted by Gasteiger charge is 2.18. The van der Waals surface area contributed by atoms with Crippen molar-refractivity contribution in [2.45, 2.75) is 0 Å². The Morgan fingerprint density at radius 2 is 1.83 bits per heavy atom. The van der Waals surface area contributed by atoms with Gasteiger partial charge in [-0.2, -0.15) is 0 Å². The van der Waals surface area contributed by atoms with Crippen LogP contribution in [0.3, 0.4) is 0 Å². The monoisotopic (exact) mass is 206 g/mol. The average molecular weight is 207 g/mol. The fraction of sp³-hybridized carbons (Fsp3) is 0.125. The fourth-order valence-electron chi connectivity index (χ4n) is 1.04. The highest BCUT2D eigenvalue weighted by atomic mass is 35.5. The lowest BCUT2D eigenvalue weighted by Crippen LogP contribution is -1.98. The van der Waals surface area contributed by atoms with Gasteiger partial charge in [0.15, 0.2) is 6.61 Å². The third-order valence-electron chi connectivity index (χ3n) is 1.55. The first-order valence-electron chi connectivity index (χ1n) is 3.13. The molecule has 1 aromatic carbocycles. The van der Waals surface area contributed by atoms with Crippen molar-refractivity contribution in [3.8, 4) is 5.75 Å². The minimum absolute atomic E-state index is 0. The first kappa shape index (κ1) is 11.3. The molecule has 12 heavy (non-hydrogen) atoms. The second-order valence-corrected chi connectivity index (χ2v) is 2.21. The van der Waals surface area contributed by atoms with E-state index in [1.165, 1.54) is 0 Å². The van der Waals surface area contributed by atoms with Crippen molar-refractivity contribution in [1.82, 2.24) is 0 Å². The number of ketones is 1. The summed E-state index contributed by atoms with van der Waals surface area (Å²) in [6.45, 7) is 0.208. The van der Waals surface area contributed by atoms with Gasteiger partial charge in [-0.15, -0.1) is 24.8 Å². The van der Waals surface area contributed by atoms with Crippen LogP contribution in [0.1, 0.15) is 10.4 Å². The van der Waals surface area contributed by atoms with E-state index in [1.54, 1.807) is 12.1 Å². The molecule has 0 aliphatic carbocycles. The van der Waals surface area contributed by atoms with E-state index >= 15 is 0 Å². The van der Waals surface area contributed by atoms with Crippen molar-refractivity contribution in [3.05, 3.63) is 29.8 Å². The molecule has 1 aliphatic rings. The van der Waals surface area contributed by atoms with E-state index in [1.807, 2.05) is 12.1 Å². The van der Waals surface area contributed by atoms with E-state index in [0.29, 0.717) is 11.3 Å². The van der Waals surface area contributed by atoms with Gasteiger partial charge >= 0.3 is 0 Å². The first-order valence-corrected chi connectivity index (χ1v) is 3.13. The number of hydrogen-bond donors (Lipinski definition) is 0. The van der Waals surface area contributed by atoms with Crippen LogP contribution in [0, 0.1) is 0 Å². The molecular weight excluding hydrogens is 199 g/mol. The normalized spacial score (nSPS) is 12.2. The van der Waals surface area contributed by atoms with E-state index in [0.717, 1.165) is 0 Å². The van der Waals surface area contributed by atoms with Gasteiger partial charge < -0.3 is 4.74 Å². The molecule has 0 bridgehead atoms. The Bertz CT molecular complexity index is 286. The number of para-hydroxylation sites is 1. The number of halogens is 2. The average Bonchev–Trinajstić information content (AvgIpc) is 2.34. The van der Waals surface area contributed by atoms with Crippen LogP contribution in [0.5, 0.6) is 5.75 Å².